The van der Waals surface area contributed by atoms with Crippen LogP contribution < -0.4 is 15.7 Å². The number of hydrogen-bond donors (Lipinski definition) is 2. The summed E-state index contributed by atoms with van der Waals surface area (Å²) in [5.41, 5.74) is 1.21. The molecule has 6 heteroatoms. The van der Waals surface area contributed by atoms with Crippen molar-refractivity contribution >= 4 is 23.9 Å². The highest BCUT2D eigenvalue weighted by Crippen LogP contribution is 2.04. The Hall–Kier alpha value is -3.67. The minimum atomic E-state index is -1.42. The number of rotatable bonds is 7. The average molecular weight is 349 g/mol. The predicted molar refractivity (Wildman–Crippen MR) is 95.5 cm³/mol. The zero-order valence-electron chi connectivity index (χ0n) is 13.8. The van der Waals surface area contributed by atoms with Crippen molar-refractivity contribution in [2.24, 2.45) is 0 Å². The molecule has 0 atom stereocenters. The minimum Gasteiger partial charge on any atom is -0.548 e. The van der Waals surface area contributed by atoms with Gasteiger partial charge in [-0.05, 0) is 23.8 Å². The molecule has 26 heavy (non-hydrogen) atoms. The summed E-state index contributed by atoms with van der Waals surface area (Å²) in [7, 11) is 0. The molecule has 0 spiro atoms. The summed E-state index contributed by atoms with van der Waals surface area (Å²) in [4.78, 5) is 34.9. The van der Waals surface area contributed by atoms with Crippen LogP contribution in [0.4, 0.5) is 0 Å². The summed E-state index contributed by atoms with van der Waals surface area (Å²) in [6, 6.07) is 17.7. The first-order valence-electron chi connectivity index (χ1n) is 7.84. The highest BCUT2D eigenvalue weighted by Gasteiger charge is 2.13. The van der Waals surface area contributed by atoms with E-state index in [2.05, 4.69) is 10.6 Å². The van der Waals surface area contributed by atoms with Gasteiger partial charge in [0.2, 0.25) is 0 Å². The second-order valence-electron chi connectivity index (χ2n) is 5.22. The molecule has 0 fully saturated rings. The summed E-state index contributed by atoms with van der Waals surface area (Å²) in [5, 5.41) is 15.2. The lowest BCUT2D eigenvalue weighted by Gasteiger charge is -2.10. The van der Waals surface area contributed by atoms with Gasteiger partial charge >= 0.3 is 0 Å². The van der Waals surface area contributed by atoms with Crippen molar-refractivity contribution in [2.75, 3.05) is 6.54 Å². The number of carboxylic acids is 1. The molecule has 0 aliphatic carbocycles. The topological polar surface area (TPSA) is 98.3 Å². The number of amides is 2. The van der Waals surface area contributed by atoms with Gasteiger partial charge in [-0.25, -0.2) is 0 Å². The van der Waals surface area contributed by atoms with Crippen molar-refractivity contribution in [1.29, 1.82) is 0 Å². The molecule has 0 heterocycles. The summed E-state index contributed by atoms with van der Waals surface area (Å²) in [6.07, 6.45) is 4.74. The van der Waals surface area contributed by atoms with Gasteiger partial charge in [0.1, 0.15) is 5.70 Å². The molecule has 0 aliphatic rings. The fourth-order valence-corrected chi connectivity index (χ4v) is 2.03. The molecule has 0 aliphatic heterocycles. The molecule has 2 aromatic carbocycles. The monoisotopic (exact) mass is 349 g/mol. The van der Waals surface area contributed by atoms with Crippen LogP contribution in [0.1, 0.15) is 15.9 Å². The molecule has 2 aromatic rings. The summed E-state index contributed by atoms with van der Waals surface area (Å²) >= 11 is 0. The number of hydrogen-bond acceptors (Lipinski definition) is 4. The van der Waals surface area contributed by atoms with Gasteiger partial charge < -0.3 is 20.5 Å². The molecule has 0 radical (unpaired) electrons. The largest absolute Gasteiger partial charge is 0.548 e. The lowest BCUT2D eigenvalue weighted by atomic mass is 10.2. The van der Waals surface area contributed by atoms with Crippen LogP contribution in [0.5, 0.6) is 0 Å². The van der Waals surface area contributed by atoms with Crippen LogP contribution in [-0.2, 0) is 9.59 Å². The number of carbonyl (C=O) groups excluding carboxylic acids is 3. The molecular weight excluding hydrogens is 332 g/mol. The Balaban J connectivity index is 2.16. The van der Waals surface area contributed by atoms with Gasteiger partial charge in [-0.3, -0.25) is 9.59 Å². The van der Waals surface area contributed by atoms with Gasteiger partial charge in [0.05, 0.1) is 12.5 Å². The second-order valence-corrected chi connectivity index (χ2v) is 5.22. The van der Waals surface area contributed by atoms with Crippen LogP contribution in [0.3, 0.4) is 0 Å². The van der Waals surface area contributed by atoms with Crippen molar-refractivity contribution < 1.29 is 19.5 Å². The molecule has 2 amide bonds. The van der Waals surface area contributed by atoms with E-state index in [9.17, 15) is 19.5 Å². The number of nitrogens with one attached hydrogen (secondary N) is 2. The summed E-state index contributed by atoms with van der Waals surface area (Å²) in [5.74, 6) is -2.63. The first-order valence-corrected chi connectivity index (χ1v) is 7.84. The maximum absolute atomic E-state index is 12.2. The number of aliphatic carboxylic acids is 1. The molecule has 0 bridgehead atoms. The first-order chi connectivity index (χ1) is 12.6. The number of allylic oxidation sites excluding steroid dienone is 2. The van der Waals surface area contributed by atoms with Gasteiger partial charge in [0, 0.05) is 5.56 Å². The van der Waals surface area contributed by atoms with Crippen LogP contribution in [-0.4, -0.2) is 24.3 Å². The van der Waals surface area contributed by atoms with E-state index in [1.54, 1.807) is 42.5 Å². The lowest BCUT2D eigenvalue weighted by Crippen LogP contribution is -2.41. The second kappa shape index (κ2) is 9.58. The maximum atomic E-state index is 12.2. The van der Waals surface area contributed by atoms with Crippen molar-refractivity contribution in [3.05, 3.63) is 89.6 Å². The van der Waals surface area contributed by atoms with Gasteiger partial charge in [0.25, 0.3) is 11.8 Å². The summed E-state index contributed by atoms with van der Waals surface area (Å²) in [6.45, 7) is -0.653. The van der Waals surface area contributed by atoms with E-state index in [4.69, 9.17) is 0 Å². The van der Waals surface area contributed by atoms with E-state index in [-0.39, 0.29) is 5.70 Å². The van der Waals surface area contributed by atoms with Crippen molar-refractivity contribution in [1.82, 2.24) is 10.6 Å². The van der Waals surface area contributed by atoms with E-state index in [0.29, 0.717) is 5.56 Å². The Morgan fingerprint density at radius 1 is 0.923 bits per heavy atom. The molecule has 0 aromatic heterocycles. The Kier molecular flexibility index (Phi) is 6.88. The Morgan fingerprint density at radius 2 is 1.54 bits per heavy atom. The summed E-state index contributed by atoms with van der Waals surface area (Å²) < 4.78 is 0. The lowest BCUT2D eigenvalue weighted by molar-refractivity contribution is -0.303. The Labute approximate surface area is 150 Å². The van der Waals surface area contributed by atoms with E-state index in [1.807, 2.05) is 30.3 Å². The number of benzene rings is 2. The Bertz CT molecular complexity index is 827. The van der Waals surface area contributed by atoms with E-state index < -0.39 is 24.3 Å². The molecule has 2 rings (SSSR count). The van der Waals surface area contributed by atoms with Gasteiger partial charge in [-0.15, -0.1) is 0 Å². The highest BCUT2D eigenvalue weighted by molar-refractivity contribution is 6.03. The van der Waals surface area contributed by atoms with Crippen molar-refractivity contribution in [2.45, 2.75) is 0 Å². The third-order valence-electron chi connectivity index (χ3n) is 3.27. The standard InChI is InChI=1S/C20H18N2O4/c23-18(24)14-21-20(26)17(13-7-10-15-8-3-1-4-9-15)22-19(25)16-11-5-2-6-12-16/h1-13H,14H2,(H,21,26)(H,22,25)(H,23,24)/p-1/b10-7+,17-13+. The zero-order valence-corrected chi connectivity index (χ0v) is 13.8. The molecule has 6 nitrogen and oxygen atoms in total. The van der Waals surface area contributed by atoms with E-state index in [1.165, 1.54) is 6.08 Å². The third kappa shape index (κ3) is 6.09. The van der Waals surface area contributed by atoms with Crippen molar-refractivity contribution in [3.63, 3.8) is 0 Å². The quantitative estimate of drug-likeness (QED) is 0.573. The van der Waals surface area contributed by atoms with Crippen molar-refractivity contribution in [3.8, 4) is 0 Å². The van der Waals surface area contributed by atoms with Crippen LogP contribution in [0.2, 0.25) is 0 Å². The molecule has 0 saturated carbocycles. The maximum Gasteiger partial charge on any atom is 0.268 e. The van der Waals surface area contributed by atoms with Gasteiger partial charge in [-0.1, -0.05) is 60.7 Å². The zero-order chi connectivity index (χ0) is 18.8. The van der Waals surface area contributed by atoms with Gasteiger partial charge in [0.15, 0.2) is 0 Å². The molecule has 132 valence electrons. The van der Waals surface area contributed by atoms with Crippen LogP contribution in [0.15, 0.2) is 78.5 Å². The fourth-order valence-electron chi connectivity index (χ4n) is 2.03. The van der Waals surface area contributed by atoms with Crippen LogP contribution >= 0.6 is 0 Å². The fraction of sp³-hybridized carbons (Fsp3) is 0.0500. The van der Waals surface area contributed by atoms with Gasteiger partial charge in [-0.2, -0.15) is 0 Å². The van der Waals surface area contributed by atoms with E-state index in [0.717, 1.165) is 5.56 Å². The molecular formula is C20H17N2O4-. The molecule has 2 N–H and O–H groups in total. The third-order valence-corrected chi connectivity index (χ3v) is 3.27. The minimum absolute atomic E-state index is 0.0766. The number of carboxylic acid groups (broad SMARTS) is 1. The normalized spacial score (nSPS) is 11.2. The van der Waals surface area contributed by atoms with Crippen LogP contribution in [0, 0.1) is 0 Å². The molecule has 0 saturated heterocycles. The Morgan fingerprint density at radius 3 is 2.15 bits per heavy atom. The number of carbonyl (C=O) groups is 3. The van der Waals surface area contributed by atoms with E-state index >= 15 is 0 Å². The average Bonchev–Trinajstić information content (AvgIpc) is 2.66. The highest BCUT2D eigenvalue weighted by atomic mass is 16.4. The SMILES string of the molecule is O=C([O-])CNC(=O)/C(=C\C=C\c1ccccc1)NC(=O)c1ccccc1. The van der Waals surface area contributed by atoms with Crippen LogP contribution in [0.25, 0.3) is 6.08 Å². The predicted octanol–water partition coefficient (Wildman–Crippen LogP) is 0.880. The molecule has 0 unspecified atom stereocenters. The smallest absolute Gasteiger partial charge is 0.268 e. The first kappa shape index (κ1) is 18.7.